The highest BCUT2D eigenvalue weighted by Gasteiger charge is 2.17. The molecule has 0 aromatic carbocycles. The average Bonchev–Trinajstić information content (AvgIpc) is 2.55. The second kappa shape index (κ2) is 7.95. The van der Waals surface area contributed by atoms with Crippen LogP contribution in [0.15, 0.2) is 18.3 Å². The summed E-state index contributed by atoms with van der Waals surface area (Å²) >= 11 is 0. The van der Waals surface area contributed by atoms with E-state index in [1.165, 1.54) is 6.42 Å². The number of nitrogens with zero attached hydrogens (tertiary/aromatic N) is 3. The lowest BCUT2D eigenvalue weighted by molar-refractivity contribution is 0.0958. The molecule has 0 spiro atoms. The maximum Gasteiger partial charge on any atom is 0.269 e. The fraction of sp³-hybridized carbons (Fsp3) is 0.600. The lowest BCUT2D eigenvalue weighted by atomic mass is 10.2. The van der Waals surface area contributed by atoms with Crippen molar-refractivity contribution in [2.75, 3.05) is 51.2 Å². The summed E-state index contributed by atoms with van der Waals surface area (Å²) in [7, 11) is 1.62. The molecule has 1 saturated heterocycles. The molecule has 1 fully saturated rings. The lowest BCUT2D eigenvalue weighted by Gasteiger charge is -2.36. The van der Waals surface area contributed by atoms with Crippen molar-refractivity contribution in [2.45, 2.75) is 12.8 Å². The van der Waals surface area contributed by atoms with Crippen molar-refractivity contribution in [1.82, 2.24) is 15.2 Å². The molecule has 0 radical (unpaired) electrons. The number of hydrogen-bond donors (Lipinski definition) is 2. The van der Waals surface area contributed by atoms with E-state index in [2.05, 4.69) is 20.1 Å². The van der Waals surface area contributed by atoms with E-state index in [0.29, 0.717) is 5.69 Å². The molecule has 1 aliphatic heterocycles. The first-order valence-electron chi connectivity index (χ1n) is 7.60. The van der Waals surface area contributed by atoms with Gasteiger partial charge in [0.05, 0.1) is 0 Å². The number of anilines is 1. The topological polar surface area (TPSA) is 74.5 Å². The van der Waals surface area contributed by atoms with Crippen LogP contribution in [-0.4, -0.2) is 62.1 Å². The molecule has 1 aliphatic rings. The third kappa shape index (κ3) is 4.41. The van der Waals surface area contributed by atoms with Crippen LogP contribution in [0.2, 0.25) is 0 Å². The van der Waals surface area contributed by atoms with Gasteiger partial charge in [-0.15, -0.1) is 0 Å². The first-order valence-corrected chi connectivity index (χ1v) is 7.60. The fourth-order valence-electron chi connectivity index (χ4n) is 2.58. The van der Waals surface area contributed by atoms with E-state index in [1.807, 2.05) is 12.1 Å². The zero-order valence-electron chi connectivity index (χ0n) is 12.7. The predicted octanol–water partition coefficient (Wildman–Crippen LogP) is 0.302. The van der Waals surface area contributed by atoms with Gasteiger partial charge in [0, 0.05) is 45.1 Å². The van der Waals surface area contributed by atoms with E-state index in [1.54, 1.807) is 13.2 Å². The third-order valence-corrected chi connectivity index (χ3v) is 3.87. The van der Waals surface area contributed by atoms with E-state index in [0.717, 1.165) is 51.4 Å². The number of nitrogens with one attached hydrogen (secondary N) is 1. The Kier molecular flexibility index (Phi) is 5.95. The summed E-state index contributed by atoms with van der Waals surface area (Å²) in [5.41, 5.74) is 7.07. The standard InChI is InChI=1S/C15H25N5O/c1-17-15(21)14-12-13(4-6-18-14)20-10-8-19(9-11-20)7-3-2-5-16/h4,6,12H,2-3,5,7-11,16H2,1H3,(H,17,21). The minimum Gasteiger partial charge on any atom is -0.369 e. The van der Waals surface area contributed by atoms with Crippen molar-refractivity contribution in [2.24, 2.45) is 5.73 Å². The molecule has 6 heteroatoms. The number of carbonyl (C=O) groups is 1. The second-order valence-electron chi connectivity index (χ2n) is 5.30. The number of pyridine rings is 1. The van der Waals surface area contributed by atoms with E-state index >= 15 is 0 Å². The van der Waals surface area contributed by atoms with E-state index < -0.39 is 0 Å². The van der Waals surface area contributed by atoms with Gasteiger partial charge in [0.25, 0.3) is 5.91 Å². The van der Waals surface area contributed by atoms with Gasteiger partial charge in [-0.25, -0.2) is 0 Å². The van der Waals surface area contributed by atoms with Gasteiger partial charge in [-0.2, -0.15) is 0 Å². The molecule has 0 unspecified atom stereocenters. The molecular formula is C15H25N5O. The Morgan fingerprint density at radius 3 is 2.76 bits per heavy atom. The van der Waals surface area contributed by atoms with Gasteiger partial charge in [-0.3, -0.25) is 14.7 Å². The molecular weight excluding hydrogens is 266 g/mol. The number of hydrogen-bond acceptors (Lipinski definition) is 5. The van der Waals surface area contributed by atoms with Crippen LogP contribution in [0.5, 0.6) is 0 Å². The molecule has 0 saturated carbocycles. The van der Waals surface area contributed by atoms with Crippen LogP contribution in [0.25, 0.3) is 0 Å². The van der Waals surface area contributed by atoms with Crippen molar-refractivity contribution >= 4 is 11.6 Å². The molecule has 21 heavy (non-hydrogen) atoms. The normalized spacial score (nSPS) is 16.0. The van der Waals surface area contributed by atoms with Crippen LogP contribution >= 0.6 is 0 Å². The molecule has 1 aromatic heterocycles. The Balaban J connectivity index is 1.88. The zero-order valence-corrected chi connectivity index (χ0v) is 12.7. The minimum absolute atomic E-state index is 0.141. The van der Waals surface area contributed by atoms with Crippen molar-refractivity contribution in [1.29, 1.82) is 0 Å². The van der Waals surface area contributed by atoms with Crippen molar-refractivity contribution in [3.63, 3.8) is 0 Å². The van der Waals surface area contributed by atoms with Gasteiger partial charge < -0.3 is 16.0 Å². The summed E-state index contributed by atoms with van der Waals surface area (Å²) in [4.78, 5) is 20.5. The van der Waals surface area contributed by atoms with Crippen LogP contribution in [-0.2, 0) is 0 Å². The number of unbranched alkanes of at least 4 members (excludes halogenated alkanes) is 1. The highest BCUT2D eigenvalue weighted by atomic mass is 16.1. The summed E-state index contributed by atoms with van der Waals surface area (Å²) in [6.45, 7) is 5.99. The number of rotatable bonds is 6. The molecule has 1 aromatic rings. The Bertz CT molecular complexity index is 457. The number of nitrogens with two attached hydrogens (primary N) is 1. The van der Waals surface area contributed by atoms with Gasteiger partial charge in [-0.05, 0) is 38.1 Å². The van der Waals surface area contributed by atoms with Gasteiger partial charge >= 0.3 is 0 Å². The molecule has 0 aliphatic carbocycles. The van der Waals surface area contributed by atoms with Crippen LogP contribution < -0.4 is 16.0 Å². The first-order chi connectivity index (χ1) is 10.2. The molecule has 0 bridgehead atoms. The lowest BCUT2D eigenvalue weighted by Crippen LogP contribution is -2.46. The van der Waals surface area contributed by atoms with E-state index in [-0.39, 0.29) is 5.91 Å². The molecule has 1 amide bonds. The largest absolute Gasteiger partial charge is 0.369 e. The SMILES string of the molecule is CNC(=O)c1cc(N2CCN(CCCCN)CC2)ccn1. The van der Waals surface area contributed by atoms with E-state index in [9.17, 15) is 4.79 Å². The Morgan fingerprint density at radius 2 is 2.10 bits per heavy atom. The van der Waals surface area contributed by atoms with Crippen LogP contribution in [0, 0.1) is 0 Å². The van der Waals surface area contributed by atoms with Crippen molar-refractivity contribution < 1.29 is 4.79 Å². The summed E-state index contributed by atoms with van der Waals surface area (Å²) in [5, 5.41) is 2.61. The quantitative estimate of drug-likeness (QED) is 0.738. The van der Waals surface area contributed by atoms with Gasteiger partial charge in [0.1, 0.15) is 5.69 Å². The molecule has 2 heterocycles. The van der Waals surface area contributed by atoms with Gasteiger partial charge in [0.2, 0.25) is 0 Å². The zero-order chi connectivity index (χ0) is 15.1. The monoisotopic (exact) mass is 291 g/mol. The van der Waals surface area contributed by atoms with Crippen LogP contribution in [0.3, 0.4) is 0 Å². The molecule has 116 valence electrons. The van der Waals surface area contributed by atoms with Crippen LogP contribution in [0.4, 0.5) is 5.69 Å². The molecule has 3 N–H and O–H groups in total. The summed E-state index contributed by atoms with van der Waals surface area (Å²) in [6, 6.07) is 3.83. The Morgan fingerprint density at radius 1 is 1.33 bits per heavy atom. The fourth-order valence-corrected chi connectivity index (χ4v) is 2.58. The Labute approximate surface area is 126 Å². The highest BCUT2D eigenvalue weighted by Crippen LogP contribution is 2.17. The van der Waals surface area contributed by atoms with Gasteiger partial charge in [-0.1, -0.05) is 0 Å². The number of carbonyl (C=O) groups excluding carboxylic acids is 1. The maximum absolute atomic E-state index is 11.6. The highest BCUT2D eigenvalue weighted by molar-refractivity contribution is 5.92. The number of aromatic nitrogens is 1. The van der Waals surface area contributed by atoms with E-state index in [4.69, 9.17) is 5.73 Å². The van der Waals surface area contributed by atoms with Crippen molar-refractivity contribution in [3.8, 4) is 0 Å². The first kappa shape index (κ1) is 15.7. The van der Waals surface area contributed by atoms with Crippen LogP contribution in [0.1, 0.15) is 23.3 Å². The molecule has 2 rings (SSSR count). The van der Waals surface area contributed by atoms with Crippen molar-refractivity contribution in [3.05, 3.63) is 24.0 Å². The summed E-state index contributed by atoms with van der Waals surface area (Å²) < 4.78 is 0. The molecule has 6 nitrogen and oxygen atoms in total. The third-order valence-electron chi connectivity index (χ3n) is 3.87. The Hall–Kier alpha value is -1.66. The second-order valence-corrected chi connectivity index (χ2v) is 5.30. The maximum atomic E-state index is 11.6. The summed E-state index contributed by atoms with van der Waals surface area (Å²) in [5.74, 6) is -0.141. The average molecular weight is 291 g/mol. The molecule has 0 atom stereocenters. The smallest absolute Gasteiger partial charge is 0.269 e. The van der Waals surface area contributed by atoms with Gasteiger partial charge in [0.15, 0.2) is 0 Å². The summed E-state index contributed by atoms with van der Waals surface area (Å²) in [6.07, 6.45) is 3.97. The number of amides is 1. The predicted molar refractivity (Wildman–Crippen MR) is 84.6 cm³/mol. The minimum atomic E-state index is -0.141. The number of piperazine rings is 1.